The Labute approximate surface area is 163 Å². The third-order valence-electron chi connectivity index (χ3n) is 6.14. The van der Waals surface area contributed by atoms with Crippen LogP contribution in [0.25, 0.3) is 0 Å². The van der Waals surface area contributed by atoms with Gasteiger partial charge in [0.25, 0.3) is 0 Å². The Balaban J connectivity index is 1.69. The largest absolute Gasteiger partial charge is 0.497 e. The van der Waals surface area contributed by atoms with Crippen molar-refractivity contribution in [2.45, 2.75) is 18.4 Å². The predicted octanol–water partition coefficient (Wildman–Crippen LogP) is 4.86. The number of rotatable bonds is 3. The normalized spacial score (nSPS) is 21.8. The molecule has 140 valence electrons. The van der Waals surface area contributed by atoms with Crippen LogP contribution in [0.3, 0.4) is 0 Å². The summed E-state index contributed by atoms with van der Waals surface area (Å²) < 4.78 is 5.30. The minimum absolute atomic E-state index is 0.0382. The van der Waals surface area contributed by atoms with Crippen LogP contribution in [0.4, 0.5) is 5.69 Å². The van der Waals surface area contributed by atoms with Gasteiger partial charge in [0.15, 0.2) is 0 Å². The smallest absolute Gasteiger partial charge is 0.337 e. The summed E-state index contributed by atoms with van der Waals surface area (Å²) >= 11 is 0. The van der Waals surface area contributed by atoms with E-state index in [-0.39, 0.29) is 12.0 Å². The molecule has 0 amide bonds. The van der Waals surface area contributed by atoms with Crippen LogP contribution < -0.4 is 10.1 Å². The molecule has 3 aromatic carbocycles. The molecule has 3 atom stereocenters. The minimum atomic E-state index is -0.900. The van der Waals surface area contributed by atoms with Crippen molar-refractivity contribution in [1.82, 2.24) is 0 Å². The molecule has 3 aromatic rings. The summed E-state index contributed by atoms with van der Waals surface area (Å²) in [5.41, 5.74) is 5.98. The van der Waals surface area contributed by atoms with Crippen LogP contribution in [0.5, 0.6) is 5.75 Å². The Morgan fingerprint density at radius 2 is 1.75 bits per heavy atom. The molecule has 1 aliphatic carbocycles. The molecule has 2 aliphatic rings. The van der Waals surface area contributed by atoms with Crippen molar-refractivity contribution in [1.29, 1.82) is 0 Å². The Kier molecular flexibility index (Phi) is 3.86. The maximum Gasteiger partial charge on any atom is 0.337 e. The minimum Gasteiger partial charge on any atom is -0.497 e. The second-order valence-electron chi connectivity index (χ2n) is 7.51. The number of methoxy groups -OCH3 is 1. The predicted molar refractivity (Wildman–Crippen MR) is 108 cm³/mol. The van der Waals surface area contributed by atoms with Crippen LogP contribution in [0.1, 0.15) is 44.6 Å². The molecule has 2 N–H and O–H groups in total. The van der Waals surface area contributed by atoms with Gasteiger partial charge in [-0.3, -0.25) is 0 Å². The van der Waals surface area contributed by atoms with Crippen molar-refractivity contribution in [2.24, 2.45) is 5.92 Å². The topological polar surface area (TPSA) is 58.6 Å². The molecule has 28 heavy (non-hydrogen) atoms. The number of hydrogen-bond acceptors (Lipinski definition) is 3. The highest BCUT2D eigenvalue weighted by Gasteiger charge is 2.44. The molecule has 0 bridgehead atoms. The number of hydrogen-bond donors (Lipinski definition) is 2. The summed E-state index contributed by atoms with van der Waals surface area (Å²) in [6, 6.07) is 22.3. The van der Waals surface area contributed by atoms with Gasteiger partial charge in [0.1, 0.15) is 5.75 Å². The Bertz CT molecular complexity index is 1060. The highest BCUT2D eigenvalue weighted by molar-refractivity contribution is 5.96. The quantitative estimate of drug-likeness (QED) is 0.690. The second kappa shape index (κ2) is 6.41. The highest BCUT2D eigenvalue weighted by atomic mass is 16.5. The monoisotopic (exact) mass is 371 g/mol. The van der Waals surface area contributed by atoms with Gasteiger partial charge in [0.05, 0.1) is 24.4 Å². The Morgan fingerprint density at radius 1 is 1.00 bits per heavy atom. The van der Waals surface area contributed by atoms with Gasteiger partial charge in [-0.2, -0.15) is 0 Å². The molecule has 1 heterocycles. The molecule has 4 heteroatoms. The van der Waals surface area contributed by atoms with Crippen molar-refractivity contribution < 1.29 is 14.6 Å². The van der Waals surface area contributed by atoms with E-state index in [1.54, 1.807) is 13.2 Å². The lowest BCUT2D eigenvalue weighted by atomic mass is 9.75. The van der Waals surface area contributed by atoms with Crippen molar-refractivity contribution in [3.8, 4) is 5.75 Å². The number of benzene rings is 3. The van der Waals surface area contributed by atoms with E-state index in [2.05, 4.69) is 47.8 Å². The molecule has 0 fully saturated rings. The molecule has 0 saturated carbocycles. The second-order valence-corrected chi connectivity index (χ2v) is 7.51. The number of nitrogens with one attached hydrogen (secondary N) is 1. The molecule has 4 nitrogen and oxygen atoms in total. The van der Waals surface area contributed by atoms with E-state index in [0.717, 1.165) is 29.0 Å². The zero-order chi connectivity index (χ0) is 19.3. The lowest BCUT2D eigenvalue weighted by Crippen LogP contribution is -2.31. The van der Waals surface area contributed by atoms with Crippen LogP contribution >= 0.6 is 0 Å². The number of fused-ring (bicyclic) bond motifs is 5. The number of para-hydroxylation sites is 1. The van der Waals surface area contributed by atoms with Crippen molar-refractivity contribution in [3.63, 3.8) is 0 Å². The molecular weight excluding hydrogens is 350 g/mol. The third-order valence-corrected chi connectivity index (χ3v) is 6.14. The van der Waals surface area contributed by atoms with E-state index < -0.39 is 5.97 Å². The standard InChI is InChI=1S/C24H21NO3/c1-28-16-11-9-14(10-12-16)22-20-13-15-5-2-3-6-17(15)21(20)18-7-4-8-19(24(26)27)23(18)25-22/h2-12,20-22,25H,13H2,1H3,(H,26,27)/t20-,21-,22-/m0/s1. The maximum atomic E-state index is 11.9. The van der Waals surface area contributed by atoms with Crippen LogP contribution in [0.2, 0.25) is 0 Å². The highest BCUT2D eigenvalue weighted by Crippen LogP contribution is 2.54. The van der Waals surface area contributed by atoms with Crippen LogP contribution in [0.15, 0.2) is 66.7 Å². The zero-order valence-electron chi connectivity index (χ0n) is 15.6. The van der Waals surface area contributed by atoms with Gasteiger partial charge in [-0.05, 0) is 52.8 Å². The third kappa shape index (κ3) is 2.48. The molecule has 0 saturated heterocycles. The molecule has 0 spiro atoms. The first kappa shape index (κ1) is 16.9. The summed E-state index contributed by atoms with van der Waals surface area (Å²) in [6.45, 7) is 0. The first-order valence-electron chi connectivity index (χ1n) is 9.52. The van der Waals surface area contributed by atoms with E-state index in [1.807, 2.05) is 18.2 Å². The number of ether oxygens (including phenoxy) is 1. The number of carboxylic acid groups (broad SMARTS) is 1. The van der Waals surface area contributed by atoms with Gasteiger partial charge in [-0.15, -0.1) is 0 Å². The number of aromatic carboxylic acids is 1. The van der Waals surface area contributed by atoms with Crippen molar-refractivity contribution >= 4 is 11.7 Å². The molecular formula is C24H21NO3. The van der Waals surface area contributed by atoms with Gasteiger partial charge in [-0.25, -0.2) is 4.79 Å². The molecule has 5 rings (SSSR count). The number of anilines is 1. The van der Waals surface area contributed by atoms with Gasteiger partial charge in [0, 0.05) is 5.92 Å². The lowest BCUT2D eigenvalue weighted by Gasteiger charge is -2.38. The van der Waals surface area contributed by atoms with E-state index in [4.69, 9.17) is 4.74 Å². The lowest BCUT2D eigenvalue weighted by molar-refractivity contribution is 0.0697. The summed E-state index contributed by atoms with van der Waals surface area (Å²) in [4.78, 5) is 11.9. The average molecular weight is 371 g/mol. The average Bonchev–Trinajstić information content (AvgIpc) is 3.12. The van der Waals surface area contributed by atoms with Crippen molar-refractivity contribution in [2.75, 3.05) is 12.4 Å². The van der Waals surface area contributed by atoms with Crippen molar-refractivity contribution in [3.05, 3.63) is 94.5 Å². The molecule has 1 aliphatic heterocycles. The fourth-order valence-electron chi connectivity index (χ4n) is 4.91. The molecule has 0 unspecified atom stereocenters. The fourth-order valence-corrected chi connectivity index (χ4v) is 4.91. The fraction of sp³-hybridized carbons (Fsp3) is 0.208. The van der Waals surface area contributed by atoms with Crippen LogP contribution in [0, 0.1) is 5.92 Å². The van der Waals surface area contributed by atoms with E-state index in [1.165, 1.54) is 11.1 Å². The zero-order valence-corrected chi connectivity index (χ0v) is 15.6. The van der Waals surface area contributed by atoms with E-state index in [9.17, 15) is 9.90 Å². The Morgan fingerprint density at radius 3 is 2.50 bits per heavy atom. The first-order valence-corrected chi connectivity index (χ1v) is 9.52. The number of carbonyl (C=O) groups is 1. The van der Waals surface area contributed by atoms with Gasteiger partial charge in [0.2, 0.25) is 0 Å². The summed E-state index contributed by atoms with van der Waals surface area (Å²) in [6.07, 6.45) is 0.973. The molecule has 0 aromatic heterocycles. The number of carboxylic acids is 1. The van der Waals surface area contributed by atoms with Crippen LogP contribution in [-0.2, 0) is 6.42 Å². The van der Waals surface area contributed by atoms with Gasteiger partial charge >= 0.3 is 5.97 Å². The van der Waals surface area contributed by atoms with E-state index in [0.29, 0.717) is 11.5 Å². The van der Waals surface area contributed by atoms with Gasteiger partial charge < -0.3 is 15.2 Å². The summed E-state index contributed by atoms with van der Waals surface area (Å²) in [5.74, 6) is 0.446. The Hall–Kier alpha value is -3.27. The van der Waals surface area contributed by atoms with E-state index >= 15 is 0 Å². The molecule has 0 radical (unpaired) electrons. The SMILES string of the molecule is COc1ccc([C@@H]2Nc3c(C(=O)O)cccc3[C@@H]3c4ccccc4C[C@@H]32)cc1. The maximum absolute atomic E-state index is 11.9. The van der Waals surface area contributed by atoms with Crippen LogP contribution in [-0.4, -0.2) is 18.2 Å². The van der Waals surface area contributed by atoms with Gasteiger partial charge in [-0.1, -0.05) is 48.5 Å². The summed E-state index contributed by atoms with van der Waals surface area (Å²) in [7, 11) is 1.66. The summed E-state index contributed by atoms with van der Waals surface area (Å²) in [5, 5.41) is 13.3. The first-order chi connectivity index (χ1) is 13.7.